The van der Waals surface area contributed by atoms with Crippen LogP contribution in [0.15, 0.2) is 42.5 Å². The molecule has 0 radical (unpaired) electrons. The maximum absolute atomic E-state index is 13.5. The van der Waals surface area contributed by atoms with Crippen LogP contribution in [0.3, 0.4) is 0 Å². The Kier molecular flexibility index (Phi) is 6.47. The lowest BCUT2D eigenvalue weighted by Crippen LogP contribution is -2.44. The average molecular weight is 469 g/mol. The maximum Gasteiger partial charge on any atom is 0.256 e. The van der Waals surface area contributed by atoms with Crippen LogP contribution < -0.4 is 14.8 Å². The highest BCUT2D eigenvalue weighted by atomic mass is 28.4. The van der Waals surface area contributed by atoms with Gasteiger partial charge in [0.25, 0.3) is 5.91 Å². The Labute approximate surface area is 198 Å². The summed E-state index contributed by atoms with van der Waals surface area (Å²) in [4.78, 5) is 15.5. The number of carbonyl (C=O) groups is 1. The molecular formula is C26H36N2O4Si. The highest BCUT2D eigenvalue weighted by Gasteiger charge is 2.44. The van der Waals surface area contributed by atoms with Gasteiger partial charge >= 0.3 is 0 Å². The first kappa shape index (κ1) is 23.6. The molecule has 1 amide bonds. The Morgan fingerprint density at radius 1 is 1.12 bits per heavy atom. The van der Waals surface area contributed by atoms with Gasteiger partial charge in [-0.05, 0) is 36.2 Å². The molecule has 0 aliphatic carbocycles. The van der Waals surface area contributed by atoms with Gasteiger partial charge in [-0.1, -0.05) is 51.1 Å². The lowest BCUT2D eigenvalue weighted by Gasteiger charge is -2.38. The van der Waals surface area contributed by atoms with E-state index in [2.05, 4.69) is 39.2 Å². The predicted molar refractivity (Wildman–Crippen MR) is 134 cm³/mol. The van der Waals surface area contributed by atoms with E-state index in [-0.39, 0.29) is 23.1 Å². The summed E-state index contributed by atoms with van der Waals surface area (Å²) in [6.45, 7) is 13.1. The van der Waals surface area contributed by atoms with Crippen molar-refractivity contribution in [3.05, 3.63) is 53.6 Å². The van der Waals surface area contributed by atoms with Crippen LogP contribution in [0, 0.1) is 0 Å². The number of carbonyl (C=O) groups excluding carboxylic acids is 1. The standard InChI is InChI=1S/C26H36N2O4Si/c1-26(2,3)33(5,6)32-20-12-19-15-27-22-14-24(31-17-18-10-8-7-9-11-18)23(30-4)13-21(22)25(29)28(19)16-20/h7-11,13-14,19-20,27H,12,15-17H2,1-6H3. The zero-order valence-corrected chi connectivity index (χ0v) is 21.6. The van der Waals surface area contributed by atoms with E-state index in [1.54, 1.807) is 13.2 Å². The van der Waals surface area contributed by atoms with Crippen molar-refractivity contribution in [3.63, 3.8) is 0 Å². The normalized spacial score (nSPS) is 20.5. The van der Waals surface area contributed by atoms with Gasteiger partial charge < -0.3 is 24.1 Å². The van der Waals surface area contributed by atoms with Gasteiger partial charge in [0.15, 0.2) is 19.8 Å². The van der Waals surface area contributed by atoms with Gasteiger partial charge in [-0.25, -0.2) is 0 Å². The van der Waals surface area contributed by atoms with Crippen LogP contribution in [0.4, 0.5) is 5.69 Å². The van der Waals surface area contributed by atoms with Crippen LogP contribution in [0.2, 0.25) is 18.1 Å². The molecule has 6 nitrogen and oxygen atoms in total. The molecule has 2 aliphatic rings. The molecule has 4 rings (SSSR count). The quantitative estimate of drug-likeness (QED) is 0.583. The Morgan fingerprint density at radius 2 is 1.85 bits per heavy atom. The molecule has 1 saturated heterocycles. The monoisotopic (exact) mass is 468 g/mol. The maximum atomic E-state index is 13.5. The number of fused-ring (bicyclic) bond motifs is 2. The van der Waals surface area contributed by atoms with Crippen LogP contribution in [0.25, 0.3) is 0 Å². The van der Waals surface area contributed by atoms with E-state index in [4.69, 9.17) is 13.9 Å². The van der Waals surface area contributed by atoms with E-state index in [9.17, 15) is 4.79 Å². The summed E-state index contributed by atoms with van der Waals surface area (Å²) in [7, 11) is -0.290. The molecule has 1 fully saturated rings. The average Bonchev–Trinajstić information content (AvgIpc) is 3.12. The molecule has 2 aliphatic heterocycles. The van der Waals surface area contributed by atoms with Gasteiger partial charge in [-0.15, -0.1) is 0 Å². The number of ether oxygens (including phenoxy) is 2. The molecule has 178 valence electrons. The Morgan fingerprint density at radius 3 is 2.52 bits per heavy atom. The van der Waals surface area contributed by atoms with Crippen molar-refractivity contribution in [1.82, 2.24) is 4.90 Å². The molecule has 0 bridgehead atoms. The number of benzene rings is 2. The lowest BCUT2D eigenvalue weighted by atomic mass is 10.1. The van der Waals surface area contributed by atoms with Gasteiger partial charge in [0.05, 0.1) is 30.5 Å². The van der Waals surface area contributed by atoms with E-state index < -0.39 is 8.32 Å². The second-order valence-corrected chi connectivity index (χ2v) is 15.3. The predicted octanol–water partition coefficient (Wildman–Crippen LogP) is 5.30. The lowest BCUT2D eigenvalue weighted by molar-refractivity contribution is 0.0731. The van der Waals surface area contributed by atoms with Gasteiger partial charge in [-0.3, -0.25) is 4.79 Å². The fourth-order valence-electron chi connectivity index (χ4n) is 4.27. The molecule has 33 heavy (non-hydrogen) atoms. The molecule has 7 heteroatoms. The first-order valence-electron chi connectivity index (χ1n) is 11.7. The first-order chi connectivity index (χ1) is 15.6. The zero-order chi connectivity index (χ0) is 23.8. The van der Waals surface area contributed by atoms with Gasteiger partial charge in [-0.2, -0.15) is 0 Å². The molecule has 2 aromatic carbocycles. The van der Waals surface area contributed by atoms with Crippen LogP contribution in [-0.2, 0) is 11.0 Å². The van der Waals surface area contributed by atoms with Gasteiger partial charge in [0.1, 0.15) is 6.61 Å². The van der Waals surface area contributed by atoms with E-state index in [1.165, 1.54) is 0 Å². The summed E-state index contributed by atoms with van der Waals surface area (Å²) in [5.41, 5.74) is 2.49. The molecular weight excluding hydrogens is 432 g/mol. The number of hydrogen-bond acceptors (Lipinski definition) is 5. The second-order valence-electron chi connectivity index (χ2n) is 10.6. The van der Waals surface area contributed by atoms with Gasteiger partial charge in [0, 0.05) is 19.2 Å². The Hall–Kier alpha value is -2.51. The summed E-state index contributed by atoms with van der Waals surface area (Å²) in [6.07, 6.45) is 0.937. The molecule has 1 N–H and O–H groups in total. The molecule has 2 unspecified atom stereocenters. The number of nitrogens with one attached hydrogen (secondary N) is 1. The van der Waals surface area contributed by atoms with Crippen molar-refractivity contribution in [1.29, 1.82) is 0 Å². The van der Waals surface area contributed by atoms with Crippen molar-refractivity contribution in [2.75, 3.05) is 25.5 Å². The third-order valence-corrected chi connectivity index (χ3v) is 11.7. The minimum Gasteiger partial charge on any atom is -0.493 e. The van der Waals surface area contributed by atoms with E-state index >= 15 is 0 Å². The summed E-state index contributed by atoms with van der Waals surface area (Å²) in [5.74, 6) is 1.21. The first-order valence-corrected chi connectivity index (χ1v) is 14.6. The fourth-order valence-corrected chi connectivity index (χ4v) is 5.63. The molecule has 2 heterocycles. The number of methoxy groups -OCH3 is 1. The topological polar surface area (TPSA) is 60.0 Å². The summed E-state index contributed by atoms with van der Waals surface area (Å²) < 4.78 is 18.3. The largest absolute Gasteiger partial charge is 0.493 e. The third-order valence-electron chi connectivity index (χ3n) is 7.20. The van der Waals surface area contributed by atoms with Crippen LogP contribution >= 0.6 is 0 Å². The summed E-state index contributed by atoms with van der Waals surface area (Å²) in [5, 5.41) is 3.63. The van der Waals surface area contributed by atoms with Crippen LogP contribution in [0.1, 0.15) is 43.1 Å². The zero-order valence-electron chi connectivity index (χ0n) is 20.6. The SMILES string of the molecule is COc1cc2c(cc1OCc1ccccc1)NCC1CC(O[Si](C)(C)C(C)(C)C)CN1C2=O. The number of nitrogens with zero attached hydrogens (tertiary/aromatic N) is 1. The van der Waals surface area contributed by atoms with E-state index in [0.717, 1.165) is 17.7 Å². The van der Waals surface area contributed by atoms with Crippen molar-refractivity contribution in [3.8, 4) is 11.5 Å². The van der Waals surface area contributed by atoms with E-state index in [1.807, 2.05) is 41.3 Å². The second kappa shape index (κ2) is 9.03. The highest BCUT2D eigenvalue weighted by Crippen LogP contribution is 2.41. The number of anilines is 1. The fraction of sp³-hybridized carbons (Fsp3) is 0.500. The molecule has 0 aromatic heterocycles. The van der Waals surface area contributed by atoms with Crippen LogP contribution in [-0.4, -0.2) is 51.5 Å². The van der Waals surface area contributed by atoms with Gasteiger partial charge in [0.2, 0.25) is 0 Å². The van der Waals surface area contributed by atoms with E-state index in [0.29, 0.717) is 36.8 Å². The minimum atomic E-state index is -1.89. The molecule has 2 aromatic rings. The van der Waals surface area contributed by atoms with Crippen molar-refractivity contribution in [2.45, 2.75) is 64.1 Å². The number of rotatable bonds is 6. The number of amides is 1. The molecule has 0 spiro atoms. The highest BCUT2D eigenvalue weighted by molar-refractivity contribution is 6.74. The molecule has 0 saturated carbocycles. The number of hydrogen-bond donors (Lipinski definition) is 1. The van der Waals surface area contributed by atoms with Crippen LogP contribution in [0.5, 0.6) is 11.5 Å². The smallest absolute Gasteiger partial charge is 0.256 e. The Balaban J connectivity index is 1.52. The van der Waals surface area contributed by atoms with Crippen molar-refractivity contribution in [2.24, 2.45) is 0 Å². The molecule has 2 atom stereocenters. The van der Waals surface area contributed by atoms with Crippen molar-refractivity contribution < 1.29 is 18.7 Å². The summed E-state index contributed by atoms with van der Waals surface area (Å²) >= 11 is 0. The minimum absolute atomic E-state index is 0.0224. The van der Waals surface area contributed by atoms with Crippen molar-refractivity contribution >= 4 is 19.9 Å². The summed E-state index contributed by atoms with van der Waals surface area (Å²) in [6, 6.07) is 13.8. The Bertz CT molecular complexity index is 1000. The third kappa shape index (κ3) is 4.89.